The first-order valence-corrected chi connectivity index (χ1v) is 29.9. The standard InChI is InChI=1S/C61H117NO5/c1-3-5-7-9-11-13-15-17-19-21-23-25-27-29-31-32-34-36-38-40-42-44-46-48-50-52-54-58(64)60(66)57(56-63)62-61(67)59(65)55-53-51-49-47-45-43-41-39-37-35-33-30-28-26-24-22-20-18-16-14-12-10-8-6-4-2/h30,33,38,40,46,48,57-60,63-66H,3-29,31-32,34-37,39,41-45,47,49-56H2,1-2H3,(H,62,67)/b33-30-,40-38+,48-46+. The molecule has 6 nitrogen and oxygen atoms in total. The van der Waals surface area contributed by atoms with E-state index in [1.54, 1.807) is 0 Å². The molecule has 0 aliphatic heterocycles. The van der Waals surface area contributed by atoms with E-state index in [0.29, 0.717) is 19.3 Å². The summed E-state index contributed by atoms with van der Waals surface area (Å²) in [5.41, 5.74) is 0. The Morgan fingerprint density at radius 2 is 0.627 bits per heavy atom. The smallest absolute Gasteiger partial charge is 0.249 e. The van der Waals surface area contributed by atoms with Gasteiger partial charge in [0.1, 0.15) is 12.2 Å². The highest BCUT2D eigenvalue weighted by Crippen LogP contribution is 2.17. The van der Waals surface area contributed by atoms with Crippen molar-refractivity contribution >= 4 is 5.91 Å². The quantitative estimate of drug-likeness (QED) is 0.0308. The van der Waals surface area contributed by atoms with Gasteiger partial charge in [-0.25, -0.2) is 0 Å². The molecule has 0 radical (unpaired) electrons. The lowest BCUT2D eigenvalue weighted by molar-refractivity contribution is -0.132. The van der Waals surface area contributed by atoms with Crippen LogP contribution in [0.3, 0.4) is 0 Å². The van der Waals surface area contributed by atoms with Gasteiger partial charge in [-0.2, -0.15) is 0 Å². The highest BCUT2D eigenvalue weighted by Gasteiger charge is 2.28. The van der Waals surface area contributed by atoms with Crippen molar-refractivity contribution in [2.75, 3.05) is 6.61 Å². The van der Waals surface area contributed by atoms with Crippen LogP contribution in [0.15, 0.2) is 36.5 Å². The number of nitrogens with one attached hydrogen (secondary N) is 1. The Morgan fingerprint density at radius 3 is 0.940 bits per heavy atom. The van der Waals surface area contributed by atoms with E-state index >= 15 is 0 Å². The molecule has 0 aromatic carbocycles. The van der Waals surface area contributed by atoms with Crippen LogP contribution in [0.25, 0.3) is 0 Å². The zero-order valence-corrected chi connectivity index (χ0v) is 44.9. The second-order valence-corrected chi connectivity index (χ2v) is 20.7. The summed E-state index contributed by atoms with van der Waals surface area (Å²) in [4.78, 5) is 12.6. The lowest BCUT2D eigenvalue weighted by Gasteiger charge is -2.27. The second-order valence-electron chi connectivity index (χ2n) is 20.7. The molecule has 5 N–H and O–H groups in total. The van der Waals surface area contributed by atoms with Gasteiger partial charge in [0.2, 0.25) is 5.91 Å². The molecule has 0 heterocycles. The van der Waals surface area contributed by atoms with Crippen LogP contribution in [0.1, 0.15) is 316 Å². The maximum atomic E-state index is 12.6. The fourth-order valence-corrected chi connectivity index (χ4v) is 9.36. The van der Waals surface area contributed by atoms with Gasteiger partial charge >= 0.3 is 0 Å². The number of carbonyl (C=O) groups is 1. The summed E-state index contributed by atoms with van der Waals surface area (Å²) in [6, 6.07) is -1.01. The van der Waals surface area contributed by atoms with Crippen LogP contribution in [0, 0.1) is 0 Å². The molecule has 4 atom stereocenters. The second kappa shape index (κ2) is 55.5. The van der Waals surface area contributed by atoms with Crippen LogP contribution in [0.5, 0.6) is 0 Å². The highest BCUT2D eigenvalue weighted by molar-refractivity contribution is 5.80. The van der Waals surface area contributed by atoms with Crippen molar-refractivity contribution in [2.24, 2.45) is 0 Å². The summed E-state index contributed by atoms with van der Waals surface area (Å²) in [7, 11) is 0. The molecule has 0 aliphatic rings. The van der Waals surface area contributed by atoms with Gasteiger partial charge in [0.15, 0.2) is 0 Å². The number of carbonyl (C=O) groups excluding carboxylic acids is 1. The molecule has 0 spiro atoms. The van der Waals surface area contributed by atoms with E-state index in [1.165, 1.54) is 244 Å². The number of aliphatic hydroxyl groups excluding tert-OH is 4. The van der Waals surface area contributed by atoms with E-state index in [2.05, 4.69) is 55.6 Å². The summed E-state index contributed by atoms with van der Waals surface area (Å²) < 4.78 is 0. The maximum absolute atomic E-state index is 12.6. The summed E-state index contributed by atoms with van der Waals surface area (Å²) >= 11 is 0. The number of allylic oxidation sites excluding steroid dienone is 6. The Balaban J connectivity index is 3.67. The molecule has 0 saturated heterocycles. The third kappa shape index (κ3) is 49.3. The van der Waals surface area contributed by atoms with Crippen LogP contribution < -0.4 is 5.32 Å². The Bertz CT molecular complexity index is 1060. The van der Waals surface area contributed by atoms with E-state index in [1.807, 2.05) is 0 Å². The van der Waals surface area contributed by atoms with Crippen molar-refractivity contribution in [1.29, 1.82) is 0 Å². The SMILES string of the molecule is CCCCCCCCCCCCCC/C=C\CCCCCCCCCCCC(O)C(=O)NC(CO)C(O)C(O)CCC/C=C/CC/C=C/CCCCCCCCCCCCCCCCCCC. The number of unbranched alkanes of at least 4 members (excludes halogenated alkanes) is 40. The van der Waals surface area contributed by atoms with Gasteiger partial charge in [-0.3, -0.25) is 4.79 Å². The monoisotopic (exact) mass is 944 g/mol. The lowest BCUT2D eigenvalue weighted by atomic mass is 10.00. The molecule has 0 fully saturated rings. The minimum atomic E-state index is -1.29. The van der Waals surface area contributed by atoms with Crippen LogP contribution in [-0.2, 0) is 4.79 Å². The van der Waals surface area contributed by atoms with Gasteiger partial charge in [-0.05, 0) is 77.0 Å². The van der Waals surface area contributed by atoms with E-state index in [9.17, 15) is 25.2 Å². The number of rotatable bonds is 55. The third-order valence-electron chi connectivity index (χ3n) is 14.1. The van der Waals surface area contributed by atoms with Crippen LogP contribution in [-0.4, -0.2) is 57.3 Å². The fourth-order valence-electron chi connectivity index (χ4n) is 9.36. The lowest BCUT2D eigenvalue weighted by Crippen LogP contribution is -2.53. The first-order chi connectivity index (χ1) is 33.0. The van der Waals surface area contributed by atoms with Crippen molar-refractivity contribution < 1.29 is 25.2 Å². The van der Waals surface area contributed by atoms with Crippen LogP contribution >= 0.6 is 0 Å². The molecular formula is C61H117NO5. The van der Waals surface area contributed by atoms with E-state index in [-0.39, 0.29) is 0 Å². The van der Waals surface area contributed by atoms with Crippen molar-refractivity contribution in [3.8, 4) is 0 Å². The summed E-state index contributed by atoms with van der Waals surface area (Å²) in [6.07, 6.45) is 69.4. The van der Waals surface area contributed by atoms with Gasteiger partial charge in [-0.1, -0.05) is 275 Å². The maximum Gasteiger partial charge on any atom is 0.249 e. The molecule has 0 saturated carbocycles. The van der Waals surface area contributed by atoms with Gasteiger partial charge < -0.3 is 25.7 Å². The summed E-state index contributed by atoms with van der Waals surface area (Å²) in [5.74, 6) is -0.596. The minimum absolute atomic E-state index is 0.358. The Labute approximate surface area is 417 Å². The van der Waals surface area contributed by atoms with Crippen LogP contribution in [0.4, 0.5) is 0 Å². The molecule has 1 amide bonds. The predicted molar refractivity (Wildman–Crippen MR) is 293 cm³/mol. The average Bonchev–Trinajstić information content (AvgIpc) is 3.33. The summed E-state index contributed by atoms with van der Waals surface area (Å²) in [5, 5.41) is 44.0. The molecule has 0 aliphatic carbocycles. The van der Waals surface area contributed by atoms with Crippen molar-refractivity contribution in [3.63, 3.8) is 0 Å². The summed E-state index contributed by atoms with van der Waals surface area (Å²) in [6.45, 7) is 4.08. The molecule has 0 rings (SSSR count). The molecule has 0 bridgehead atoms. The number of aliphatic hydroxyl groups is 4. The zero-order valence-electron chi connectivity index (χ0n) is 44.9. The molecule has 0 aromatic rings. The first kappa shape index (κ1) is 65.5. The average molecular weight is 945 g/mol. The van der Waals surface area contributed by atoms with Gasteiger partial charge in [0.05, 0.1) is 18.8 Å². The van der Waals surface area contributed by atoms with Gasteiger partial charge in [0.25, 0.3) is 0 Å². The molecule has 4 unspecified atom stereocenters. The van der Waals surface area contributed by atoms with Crippen molar-refractivity contribution in [3.05, 3.63) is 36.5 Å². The Kier molecular flexibility index (Phi) is 54.2. The molecule has 0 aromatic heterocycles. The Hall–Kier alpha value is -1.47. The van der Waals surface area contributed by atoms with Crippen molar-refractivity contribution in [2.45, 2.75) is 340 Å². The van der Waals surface area contributed by atoms with E-state index in [4.69, 9.17) is 0 Å². The highest BCUT2D eigenvalue weighted by atomic mass is 16.3. The molecule has 396 valence electrons. The first-order valence-electron chi connectivity index (χ1n) is 29.9. The Morgan fingerprint density at radius 1 is 0.358 bits per heavy atom. The number of hydrogen-bond acceptors (Lipinski definition) is 5. The largest absolute Gasteiger partial charge is 0.394 e. The zero-order chi connectivity index (χ0) is 48.8. The number of hydrogen-bond donors (Lipinski definition) is 5. The molecule has 6 heteroatoms. The third-order valence-corrected chi connectivity index (χ3v) is 14.1. The predicted octanol–water partition coefficient (Wildman–Crippen LogP) is 17.6. The van der Waals surface area contributed by atoms with Crippen LogP contribution in [0.2, 0.25) is 0 Å². The minimum Gasteiger partial charge on any atom is -0.394 e. The van der Waals surface area contributed by atoms with E-state index < -0.39 is 36.9 Å². The molecule has 67 heavy (non-hydrogen) atoms. The van der Waals surface area contributed by atoms with E-state index in [0.717, 1.165) is 38.5 Å². The van der Waals surface area contributed by atoms with Crippen molar-refractivity contribution in [1.82, 2.24) is 5.32 Å². The normalized spacial score (nSPS) is 13.9. The van der Waals surface area contributed by atoms with Gasteiger partial charge in [-0.15, -0.1) is 0 Å². The van der Waals surface area contributed by atoms with Gasteiger partial charge in [0, 0.05) is 0 Å². The number of amides is 1. The fraction of sp³-hybridized carbons (Fsp3) is 0.885. The topological polar surface area (TPSA) is 110 Å². The molecular weight excluding hydrogens is 827 g/mol.